The van der Waals surface area contributed by atoms with Gasteiger partial charge in [-0.3, -0.25) is 4.98 Å². The van der Waals surface area contributed by atoms with E-state index in [2.05, 4.69) is 14.4 Å². The zero-order chi connectivity index (χ0) is 9.47. The fourth-order valence-electron chi connectivity index (χ4n) is 0.901. The molecule has 13 heavy (non-hydrogen) atoms. The van der Waals surface area contributed by atoms with Crippen LogP contribution in [0.25, 0.3) is 11.1 Å². The van der Waals surface area contributed by atoms with Gasteiger partial charge in [-0.2, -0.15) is 13.2 Å². The molecule has 0 saturated heterocycles. The molecule has 2 aromatic heterocycles. The van der Waals surface area contributed by atoms with Crippen LogP contribution in [-0.4, -0.2) is 9.97 Å². The molecule has 2 aromatic rings. The van der Waals surface area contributed by atoms with E-state index >= 15 is 0 Å². The second-order valence-corrected chi connectivity index (χ2v) is 2.36. The summed E-state index contributed by atoms with van der Waals surface area (Å²) in [5.41, 5.74) is 0.192. The summed E-state index contributed by atoms with van der Waals surface area (Å²) in [6.45, 7) is 0. The van der Waals surface area contributed by atoms with Crippen molar-refractivity contribution < 1.29 is 17.6 Å². The van der Waals surface area contributed by atoms with E-state index in [1.807, 2.05) is 0 Å². The number of halogens is 3. The van der Waals surface area contributed by atoms with E-state index in [0.717, 1.165) is 0 Å². The summed E-state index contributed by atoms with van der Waals surface area (Å²) in [7, 11) is 0. The van der Waals surface area contributed by atoms with Gasteiger partial charge in [0.15, 0.2) is 5.58 Å². The van der Waals surface area contributed by atoms with Crippen molar-refractivity contribution in [2.24, 2.45) is 0 Å². The molecule has 0 aliphatic rings. The maximum absolute atomic E-state index is 12.0. The Kier molecular flexibility index (Phi) is 1.51. The highest BCUT2D eigenvalue weighted by molar-refractivity contribution is 5.70. The Labute approximate surface area is 70.2 Å². The minimum Gasteiger partial charge on any atom is -0.433 e. The van der Waals surface area contributed by atoms with Gasteiger partial charge < -0.3 is 4.42 Å². The third-order valence-electron chi connectivity index (χ3n) is 1.43. The summed E-state index contributed by atoms with van der Waals surface area (Å²) >= 11 is 0. The van der Waals surface area contributed by atoms with Crippen LogP contribution in [-0.2, 0) is 6.18 Å². The van der Waals surface area contributed by atoms with Gasteiger partial charge in [-0.15, -0.1) is 0 Å². The minimum atomic E-state index is -4.54. The molecule has 2 rings (SSSR count). The van der Waals surface area contributed by atoms with Gasteiger partial charge in [0, 0.05) is 12.3 Å². The fraction of sp³-hybridized carbons (Fsp3) is 0.143. The van der Waals surface area contributed by atoms with E-state index in [-0.39, 0.29) is 11.1 Å². The lowest BCUT2D eigenvalue weighted by atomic mass is 10.4. The van der Waals surface area contributed by atoms with Gasteiger partial charge >= 0.3 is 12.1 Å². The monoisotopic (exact) mass is 188 g/mol. The van der Waals surface area contributed by atoms with E-state index < -0.39 is 12.1 Å². The van der Waals surface area contributed by atoms with Crippen molar-refractivity contribution in [3.05, 3.63) is 24.4 Å². The molecule has 68 valence electrons. The van der Waals surface area contributed by atoms with E-state index in [1.165, 1.54) is 18.5 Å². The van der Waals surface area contributed by atoms with Crippen molar-refractivity contribution in [3.8, 4) is 0 Å². The molecule has 0 aromatic carbocycles. The highest BCUT2D eigenvalue weighted by atomic mass is 19.4. The van der Waals surface area contributed by atoms with Gasteiger partial charge in [0.05, 0.1) is 6.20 Å². The van der Waals surface area contributed by atoms with E-state index in [9.17, 15) is 13.2 Å². The molecule has 0 aliphatic carbocycles. The minimum absolute atomic E-state index is 0.0855. The largest absolute Gasteiger partial charge is 0.468 e. The summed E-state index contributed by atoms with van der Waals surface area (Å²) in [6.07, 6.45) is -1.99. The van der Waals surface area contributed by atoms with Gasteiger partial charge in [-0.25, -0.2) is 4.98 Å². The Bertz CT molecular complexity index is 401. The zero-order valence-electron chi connectivity index (χ0n) is 6.17. The first kappa shape index (κ1) is 8.03. The molecule has 0 atom stereocenters. The molecule has 0 unspecified atom stereocenters. The normalized spacial score (nSPS) is 12.2. The van der Waals surface area contributed by atoms with Crippen molar-refractivity contribution in [1.82, 2.24) is 9.97 Å². The molecular formula is C7H3F3N2O. The molecule has 0 fully saturated rings. The van der Waals surface area contributed by atoms with Crippen molar-refractivity contribution >= 4 is 11.1 Å². The maximum atomic E-state index is 12.0. The molecule has 2 heterocycles. The molecule has 0 N–H and O–H groups in total. The molecular weight excluding hydrogens is 185 g/mol. The number of hydrogen-bond donors (Lipinski definition) is 0. The summed E-state index contributed by atoms with van der Waals surface area (Å²) in [6, 6.07) is 1.33. The summed E-state index contributed by atoms with van der Waals surface area (Å²) in [5.74, 6) is -1.24. The number of aromatic nitrogens is 2. The SMILES string of the molecule is FC(F)(F)c1nc2cnccc2o1. The highest BCUT2D eigenvalue weighted by Crippen LogP contribution is 2.30. The lowest BCUT2D eigenvalue weighted by Gasteiger charge is -1.96. The van der Waals surface area contributed by atoms with Crippen LogP contribution in [0.3, 0.4) is 0 Å². The first-order chi connectivity index (χ1) is 6.07. The van der Waals surface area contributed by atoms with Crippen LogP contribution >= 0.6 is 0 Å². The number of fused-ring (bicyclic) bond motifs is 1. The van der Waals surface area contributed by atoms with Crippen molar-refractivity contribution in [2.45, 2.75) is 6.18 Å². The zero-order valence-corrected chi connectivity index (χ0v) is 6.17. The number of alkyl halides is 3. The molecule has 0 spiro atoms. The quantitative estimate of drug-likeness (QED) is 0.636. The van der Waals surface area contributed by atoms with Crippen LogP contribution in [0.1, 0.15) is 5.89 Å². The van der Waals surface area contributed by atoms with E-state index in [0.29, 0.717) is 0 Å². The highest BCUT2D eigenvalue weighted by Gasteiger charge is 2.37. The Morgan fingerprint density at radius 2 is 2.08 bits per heavy atom. The molecule has 6 heteroatoms. The predicted octanol–water partition coefficient (Wildman–Crippen LogP) is 2.24. The summed E-state index contributed by atoms with van der Waals surface area (Å²) in [4.78, 5) is 6.85. The van der Waals surface area contributed by atoms with Crippen LogP contribution in [0.15, 0.2) is 22.9 Å². The third kappa shape index (κ3) is 1.34. The first-order valence-electron chi connectivity index (χ1n) is 3.35. The fourth-order valence-corrected chi connectivity index (χ4v) is 0.901. The molecule has 0 aliphatic heterocycles. The Morgan fingerprint density at radius 1 is 1.31 bits per heavy atom. The number of pyridine rings is 1. The number of hydrogen-bond acceptors (Lipinski definition) is 3. The van der Waals surface area contributed by atoms with Gasteiger partial charge in [0.25, 0.3) is 0 Å². The summed E-state index contributed by atoms with van der Waals surface area (Å²) < 4.78 is 40.6. The van der Waals surface area contributed by atoms with Crippen LogP contribution in [0.4, 0.5) is 13.2 Å². The van der Waals surface area contributed by atoms with Gasteiger partial charge in [0.1, 0.15) is 5.52 Å². The van der Waals surface area contributed by atoms with Gasteiger partial charge in [-0.1, -0.05) is 0 Å². The number of rotatable bonds is 0. The second kappa shape index (κ2) is 2.45. The molecule has 0 bridgehead atoms. The lowest BCUT2D eigenvalue weighted by Crippen LogP contribution is -2.04. The van der Waals surface area contributed by atoms with Crippen molar-refractivity contribution in [1.29, 1.82) is 0 Å². The number of nitrogens with zero attached hydrogens (tertiary/aromatic N) is 2. The van der Waals surface area contributed by atoms with Gasteiger partial charge in [0.2, 0.25) is 0 Å². The predicted molar refractivity (Wildman–Crippen MR) is 36.8 cm³/mol. The van der Waals surface area contributed by atoms with E-state index in [1.54, 1.807) is 0 Å². The Morgan fingerprint density at radius 3 is 2.69 bits per heavy atom. The molecule has 0 radical (unpaired) electrons. The average molecular weight is 188 g/mol. The average Bonchev–Trinajstić information content (AvgIpc) is 2.45. The molecule has 0 saturated carbocycles. The third-order valence-corrected chi connectivity index (χ3v) is 1.43. The Balaban J connectivity index is 2.63. The smallest absolute Gasteiger partial charge is 0.433 e. The maximum Gasteiger partial charge on any atom is 0.468 e. The van der Waals surface area contributed by atoms with Crippen LogP contribution < -0.4 is 0 Å². The molecule has 0 amide bonds. The van der Waals surface area contributed by atoms with Crippen molar-refractivity contribution in [3.63, 3.8) is 0 Å². The van der Waals surface area contributed by atoms with Crippen molar-refractivity contribution in [2.75, 3.05) is 0 Å². The summed E-state index contributed by atoms with van der Waals surface area (Å²) in [5, 5.41) is 0. The van der Waals surface area contributed by atoms with Crippen LogP contribution in [0.5, 0.6) is 0 Å². The second-order valence-electron chi connectivity index (χ2n) is 2.36. The first-order valence-corrected chi connectivity index (χ1v) is 3.35. The van der Waals surface area contributed by atoms with Crippen LogP contribution in [0, 0.1) is 0 Å². The molecule has 3 nitrogen and oxygen atoms in total. The standard InChI is InChI=1S/C7H3F3N2O/c8-7(9,10)6-12-4-3-11-2-1-5(4)13-6/h1-3H. The topological polar surface area (TPSA) is 38.9 Å². The Hall–Kier alpha value is -1.59. The lowest BCUT2D eigenvalue weighted by molar-refractivity contribution is -0.156. The van der Waals surface area contributed by atoms with Gasteiger partial charge in [-0.05, 0) is 0 Å². The van der Waals surface area contributed by atoms with Crippen LogP contribution in [0.2, 0.25) is 0 Å². The number of oxazole rings is 1. The van der Waals surface area contributed by atoms with E-state index in [4.69, 9.17) is 0 Å².